The highest BCUT2D eigenvalue weighted by molar-refractivity contribution is 7.89. The maximum Gasteiger partial charge on any atom is 0.242 e. The van der Waals surface area contributed by atoms with Gasteiger partial charge in [0.1, 0.15) is 11.5 Å². The zero-order valence-corrected chi connectivity index (χ0v) is 18.6. The molecule has 0 spiro atoms. The molecule has 0 bridgehead atoms. The van der Waals surface area contributed by atoms with Crippen molar-refractivity contribution in [2.24, 2.45) is 5.92 Å². The molecule has 31 heavy (non-hydrogen) atoms. The average Bonchev–Trinajstić information content (AvgIpc) is 3.15. The second-order valence-corrected chi connectivity index (χ2v) is 9.40. The summed E-state index contributed by atoms with van der Waals surface area (Å²) in [5.41, 5.74) is 0.874. The van der Waals surface area contributed by atoms with E-state index in [9.17, 15) is 18.0 Å². The number of methoxy groups -OCH3 is 2. The summed E-state index contributed by atoms with van der Waals surface area (Å²) in [6.07, 6.45) is 0.0296. The molecule has 166 valence electrons. The molecule has 0 radical (unpaired) electrons. The largest absolute Gasteiger partial charge is 0.497 e. The van der Waals surface area contributed by atoms with Crippen LogP contribution in [0.4, 0.5) is 11.4 Å². The number of ether oxygens (including phenoxy) is 2. The van der Waals surface area contributed by atoms with Crippen LogP contribution in [0.15, 0.2) is 47.4 Å². The number of rotatable bonds is 7. The van der Waals surface area contributed by atoms with Crippen LogP contribution in [0.1, 0.15) is 6.42 Å². The van der Waals surface area contributed by atoms with Gasteiger partial charge in [-0.05, 0) is 30.3 Å². The molecule has 9 nitrogen and oxygen atoms in total. The van der Waals surface area contributed by atoms with Gasteiger partial charge in [0.25, 0.3) is 0 Å². The molecule has 1 atom stereocenters. The summed E-state index contributed by atoms with van der Waals surface area (Å²) < 4.78 is 36.3. The van der Waals surface area contributed by atoms with Gasteiger partial charge in [0.15, 0.2) is 0 Å². The van der Waals surface area contributed by atoms with Crippen molar-refractivity contribution in [3.63, 3.8) is 0 Å². The van der Waals surface area contributed by atoms with Gasteiger partial charge in [-0.25, -0.2) is 12.7 Å². The predicted molar refractivity (Wildman–Crippen MR) is 116 cm³/mol. The van der Waals surface area contributed by atoms with Crippen molar-refractivity contribution in [1.82, 2.24) is 4.31 Å². The van der Waals surface area contributed by atoms with Crippen LogP contribution in [0, 0.1) is 5.92 Å². The molecular weight excluding hydrogens is 422 g/mol. The van der Waals surface area contributed by atoms with E-state index in [1.165, 1.54) is 45.3 Å². The first-order chi connectivity index (χ1) is 14.7. The third kappa shape index (κ3) is 4.64. The monoisotopic (exact) mass is 447 g/mol. The molecule has 0 aromatic heterocycles. The number of hydrogen-bond acceptors (Lipinski definition) is 6. The van der Waals surface area contributed by atoms with Gasteiger partial charge in [0.05, 0.1) is 30.7 Å². The molecule has 2 aromatic rings. The molecule has 10 heteroatoms. The minimum atomic E-state index is -3.63. The minimum Gasteiger partial charge on any atom is -0.497 e. The van der Waals surface area contributed by atoms with Gasteiger partial charge in [0.2, 0.25) is 21.8 Å². The lowest BCUT2D eigenvalue weighted by atomic mass is 10.1. The Morgan fingerprint density at radius 1 is 1.13 bits per heavy atom. The zero-order valence-electron chi connectivity index (χ0n) is 17.8. The van der Waals surface area contributed by atoms with Crippen molar-refractivity contribution >= 4 is 33.2 Å². The number of hydrogen-bond donors (Lipinski definition) is 1. The molecular formula is C21H25N3O6S. The van der Waals surface area contributed by atoms with Crippen LogP contribution in [-0.4, -0.2) is 59.4 Å². The third-order valence-corrected chi connectivity index (χ3v) is 6.86. The number of amides is 2. The van der Waals surface area contributed by atoms with Crippen LogP contribution in [0.3, 0.4) is 0 Å². The van der Waals surface area contributed by atoms with E-state index in [1.54, 1.807) is 30.3 Å². The number of sulfonamides is 1. The molecule has 2 aromatic carbocycles. The quantitative estimate of drug-likeness (QED) is 0.696. The predicted octanol–water partition coefficient (Wildman–Crippen LogP) is 1.95. The molecule has 1 unspecified atom stereocenters. The fourth-order valence-electron chi connectivity index (χ4n) is 3.31. The van der Waals surface area contributed by atoms with Crippen molar-refractivity contribution in [1.29, 1.82) is 0 Å². The highest BCUT2D eigenvalue weighted by atomic mass is 32.2. The average molecular weight is 448 g/mol. The number of anilines is 2. The van der Waals surface area contributed by atoms with Gasteiger partial charge < -0.3 is 19.7 Å². The van der Waals surface area contributed by atoms with Gasteiger partial charge in [-0.3, -0.25) is 9.59 Å². The van der Waals surface area contributed by atoms with Crippen molar-refractivity contribution in [2.75, 3.05) is 45.1 Å². The third-order valence-electron chi connectivity index (χ3n) is 5.05. The van der Waals surface area contributed by atoms with E-state index in [1.807, 2.05) is 0 Å². The van der Waals surface area contributed by atoms with Crippen LogP contribution >= 0.6 is 0 Å². The van der Waals surface area contributed by atoms with Crippen LogP contribution in [-0.2, 0) is 19.6 Å². The molecule has 0 aliphatic carbocycles. The molecule has 1 aliphatic heterocycles. The molecule has 0 saturated carbocycles. The maximum absolute atomic E-state index is 12.8. The second kappa shape index (κ2) is 8.94. The summed E-state index contributed by atoms with van der Waals surface area (Å²) in [4.78, 5) is 27.0. The van der Waals surface area contributed by atoms with E-state index in [2.05, 4.69) is 5.32 Å². The van der Waals surface area contributed by atoms with E-state index in [4.69, 9.17) is 9.47 Å². The fourth-order valence-corrected chi connectivity index (χ4v) is 4.26. The van der Waals surface area contributed by atoms with E-state index in [-0.39, 0.29) is 29.7 Å². The molecule has 1 fully saturated rings. The van der Waals surface area contributed by atoms with Crippen molar-refractivity contribution in [2.45, 2.75) is 11.3 Å². The Labute approximate surface area is 181 Å². The first-order valence-corrected chi connectivity index (χ1v) is 11.0. The van der Waals surface area contributed by atoms with Gasteiger partial charge in [-0.2, -0.15) is 0 Å². The summed E-state index contributed by atoms with van der Waals surface area (Å²) in [6, 6.07) is 11.1. The molecule has 3 rings (SSSR count). The molecule has 2 amide bonds. The van der Waals surface area contributed by atoms with Crippen LogP contribution in [0.2, 0.25) is 0 Å². The minimum absolute atomic E-state index is 0.0296. The summed E-state index contributed by atoms with van der Waals surface area (Å²) in [5, 5.41) is 2.72. The number of nitrogens with zero attached hydrogens (tertiary/aromatic N) is 2. The Hall–Kier alpha value is -3.11. The number of carbonyl (C=O) groups excluding carboxylic acids is 2. The van der Waals surface area contributed by atoms with Crippen molar-refractivity contribution in [3.8, 4) is 11.5 Å². The van der Waals surface area contributed by atoms with Crippen LogP contribution in [0.25, 0.3) is 0 Å². The summed E-state index contributed by atoms with van der Waals surface area (Å²) in [6.45, 7) is 0.171. The maximum atomic E-state index is 12.8. The first-order valence-electron chi connectivity index (χ1n) is 9.53. The Morgan fingerprint density at radius 3 is 2.52 bits per heavy atom. The van der Waals surface area contributed by atoms with Gasteiger partial charge >= 0.3 is 0 Å². The lowest BCUT2D eigenvalue weighted by Crippen LogP contribution is -2.28. The van der Waals surface area contributed by atoms with Gasteiger partial charge in [-0.15, -0.1) is 0 Å². The Kier molecular flexibility index (Phi) is 6.51. The second-order valence-electron chi connectivity index (χ2n) is 7.25. The highest BCUT2D eigenvalue weighted by Gasteiger charge is 2.36. The Balaban J connectivity index is 1.78. The normalized spacial score (nSPS) is 16.5. The fraction of sp³-hybridized carbons (Fsp3) is 0.333. The summed E-state index contributed by atoms with van der Waals surface area (Å²) >= 11 is 0. The van der Waals surface area contributed by atoms with E-state index in [0.29, 0.717) is 22.9 Å². The van der Waals surface area contributed by atoms with E-state index < -0.39 is 15.9 Å². The number of carbonyl (C=O) groups is 2. The lowest BCUT2D eigenvalue weighted by molar-refractivity contribution is -0.122. The van der Waals surface area contributed by atoms with Crippen molar-refractivity contribution in [3.05, 3.63) is 42.5 Å². The lowest BCUT2D eigenvalue weighted by Gasteiger charge is -2.20. The number of benzene rings is 2. The summed E-state index contributed by atoms with van der Waals surface area (Å²) in [5.74, 6) is -0.113. The molecule has 1 heterocycles. The number of nitrogens with one attached hydrogen (secondary N) is 1. The van der Waals surface area contributed by atoms with E-state index >= 15 is 0 Å². The van der Waals surface area contributed by atoms with Crippen LogP contribution < -0.4 is 19.7 Å². The standard InChI is InChI=1S/C21H25N3O6S/c1-23(2)31(27,28)17-7-5-6-15(11-17)22-21(26)14-10-20(25)24(13-14)18-12-16(29-3)8-9-19(18)30-4/h5-9,11-12,14H,10,13H2,1-4H3,(H,22,26). The highest BCUT2D eigenvalue weighted by Crippen LogP contribution is 2.36. The van der Waals surface area contributed by atoms with Gasteiger partial charge in [0, 0.05) is 38.8 Å². The SMILES string of the molecule is COc1ccc(OC)c(N2CC(C(=O)Nc3cccc(S(=O)(=O)N(C)C)c3)CC2=O)c1. The molecule has 1 aliphatic rings. The van der Waals surface area contributed by atoms with E-state index in [0.717, 1.165) is 4.31 Å². The first kappa shape index (κ1) is 22.6. The smallest absolute Gasteiger partial charge is 0.242 e. The van der Waals surface area contributed by atoms with Crippen LogP contribution in [0.5, 0.6) is 11.5 Å². The van der Waals surface area contributed by atoms with Crippen molar-refractivity contribution < 1.29 is 27.5 Å². The topological polar surface area (TPSA) is 105 Å². The molecule has 1 saturated heterocycles. The summed E-state index contributed by atoms with van der Waals surface area (Å²) in [7, 11) is 2.28. The molecule has 1 N–H and O–H groups in total. The Morgan fingerprint density at radius 2 is 1.87 bits per heavy atom. The zero-order chi connectivity index (χ0) is 22.8. The Bertz CT molecular complexity index is 1100. The van der Waals surface area contributed by atoms with Gasteiger partial charge in [-0.1, -0.05) is 6.07 Å².